The quantitative estimate of drug-likeness (QED) is 0.461. The van der Waals surface area contributed by atoms with Crippen molar-refractivity contribution in [3.8, 4) is 0 Å². The van der Waals surface area contributed by atoms with Gasteiger partial charge in [0, 0.05) is 23.7 Å². The summed E-state index contributed by atoms with van der Waals surface area (Å²) in [7, 11) is 0. The van der Waals surface area contributed by atoms with Gasteiger partial charge >= 0.3 is 12.0 Å². The van der Waals surface area contributed by atoms with Gasteiger partial charge in [-0.05, 0) is 39.3 Å². The second-order valence-electron chi connectivity index (χ2n) is 7.02. The number of thioether (sulfide) groups is 1. The van der Waals surface area contributed by atoms with Crippen LogP contribution in [0.15, 0.2) is 39.2 Å². The van der Waals surface area contributed by atoms with Crippen molar-refractivity contribution in [2.24, 2.45) is 0 Å². The van der Waals surface area contributed by atoms with Gasteiger partial charge in [0.1, 0.15) is 11.8 Å². The smallest absolute Gasteiger partial charge is 0.338 e. The summed E-state index contributed by atoms with van der Waals surface area (Å²) < 4.78 is 12.9. The van der Waals surface area contributed by atoms with Crippen molar-refractivity contribution in [1.82, 2.24) is 20.2 Å². The monoisotopic (exact) mass is 432 g/mol. The van der Waals surface area contributed by atoms with Crippen LogP contribution in [0.4, 0.5) is 4.79 Å². The van der Waals surface area contributed by atoms with Gasteiger partial charge in [-0.2, -0.15) is 0 Å². The zero-order chi connectivity index (χ0) is 21.7. The number of hydrogen-bond donors (Lipinski definition) is 2. The summed E-state index contributed by atoms with van der Waals surface area (Å²) in [5.41, 5.74) is 2.97. The summed E-state index contributed by atoms with van der Waals surface area (Å²) in [5, 5.41) is 6.41. The van der Waals surface area contributed by atoms with Crippen LogP contribution in [0.25, 0.3) is 0 Å². The van der Waals surface area contributed by atoms with Gasteiger partial charge in [0.2, 0.25) is 0 Å². The van der Waals surface area contributed by atoms with Crippen molar-refractivity contribution in [3.05, 3.63) is 46.8 Å². The number of amides is 2. The predicted molar refractivity (Wildman–Crippen MR) is 114 cm³/mol. The molecule has 2 amide bonds. The first-order valence-electron chi connectivity index (χ1n) is 10.1. The number of aryl methyl sites for hydroxylation is 1. The van der Waals surface area contributed by atoms with Gasteiger partial charge in [0.05, 0.1) is 24.1 Å². The van der Waals surface area contributed by atoms with Crippen LogP contribution in [0.2, 0.25) is 0 Å². The number of carbonyl (C=O) groups excluding carboxylic acids is 2. The lowest BCUT2D eigenvalue weighted by molar-refractivity contribution is -0.139. The Labute approximate surface area is 180 Å². The molecule has 2 aromatic heterocycles. The van der Waals surface area contributed by atoms with Gasteiger partial charge in [-0.3, -0.25) is 0 Å². The van der Waals surface area contributed by atoms with Crippen molar-refractivity contribution in [2.45, 2.75) is 58.3 Å². The minimum atomic E-state index is -0.702. The van der Waals surface area contributed by atoms with E-state index in [4.69, 9.17) is 9.15 Å². The zero-order valence-electron chi connectivity index (χ0n) is 17.8. The molecule has 9 heteroatoms. The van der Waals surface area contributed by atoms with E-state index in [1.165, 1.54) is 18.0 Å². The van der Waals surface area contributed by atoms with Crippen LogP contribution in [0.5, 0.6) is 0 Å². The Bertz CT molecular complexity index is 933. The van der Waals surface area contributed by atoms with E-state index in [0.717, 1.165) is 35.9 Å². The number of esters is 1. The number of urea groups is 1. The number of aromatic nitrogens is 2. The van der Waals surface area contributed by atoms with E-state index >= 15 is 0 Å². The molecule has 0 saturated heterocycles. The lowest BCUT2D eigenvalue weighted by atomic mass is 10.0. The molecule has 0 fully saturated rings. The van der Waals surface area contributed by atoms with E-state index in [9.17, 15) is 9.59 Å². The maximum Gasteiger partial charge on any atom is 0.338 e. The second-order valence-corrected chi connectivity index (χ2v) is 7.96. The maximum absolute atomic E-state index is 12.8. The average molecular weight is 433 g/mol. The molecule has 30 heavy (non-hydrogen) atoms. The van der Waals surface area contributed by atoms with Crippen LogP contribution in [0, 0.1) is 13.8 Å². The van der Waals surface area contributed by atoms with Crippen LogP contribution < -0.4 is 10.6 Å². The molecule has 0 aliphatic carbocycles. The van der Waals surface area contributed by atoms with Crippen molar-refractivity contribution >= 4 is 23.8 Å². The summed E-state index contributed by atoms with van der Waals surface area (Å²) in [5.74, 6) is 0.371. The summed E-state index contributed by atoms with van der Waals surface area (Å²) in [6.07, 6.45) is 3.66. The predicted octanol–water partition coefficient (Wildman–Crippen LogP) is 3.86. The third-order valence-electron chi connectivity index (χ3n) is 4.98. The Hall–Kier alpha value is -2.68. The van der Waals surface area contributed by atoms with E-state index in [0.29, 0.717) is 22.8 Å². The Morgan fingerprint density at radius 3 is 2.83 bits per heavy atom. The minimum absolute atomic E-state index is 0.237. The summed E-state index contributed by atoms with van der Waals surface area (Å²) >= 11 is 1.49. The molecule has 0 saturated carbocycles. The third kappa shape index (κ3) is 4.72. The molecule has 162 valence electrons. The number of rotatable bonds is 9. The molecule has 8 nitrogen and oxygen atoms in total. The van der Waals surface area contributed by atoms with E-state index in [1.807, 2.05) is 6.92 Å². The average Bonchev–Trinajstić information content (AvgIpc) is 3.34. The fourth-order valence-electron chi connectivity index (χ4n) is 3.30. The molecule has 0 aromatic carbocycles. The highest BCUT2D eigenvalue weighted by Crippen LogP contribution is 2.31. The highest BCUT2D eigenvalue weighted by molar-refractivity contribution is 7.99. The number of nitrogens with one attached hydrogen (secondary N) is 2. The first-order chi connectivity index (χ1) is 14.5. The van der Waals surface area contributed by atoms with Gasteiger partial charge in [0.25, 0.3) is 0 Å². The molecule has 3 rings (SSSR count). The molecule has 0 radical (unpaired) electrons. The topological polar surface area (TPSA) is 98.4 Å². The third-order valence-corrected chi connectivity index (χ3v) is 5.98. The SMILES string of the molecule is CCCCn1c(SCC2=C(C(=O)OCC)[C@H](c3ccco3)NC(=O)N2)nc(C)c1C. The van der Waals surface area contributed by atoms with Gasteiger partial charge in [-0.1, -0.05) is 25.1 Å². The van der Waals surface area contributed by atoms with E-state index in [1.54, 1.807) is 19.1 Å². The molecule has 3 heterocycles. The standard InChI is InChI=1S/C21H28N4O4S/c1-5-7-10-25-14(4)13(3)22-21(25)30-12-15-17(19(26)28-6-2)18(24-20(27)23-15)16-9-8-11-29-16/h8-9,11,18H,5-7,10,12H2,1-4H3,(H2,23,24,27)/t18-/m0/s1. The number of hydrogen-bond acceptors (Lipinski definition) is 6. The molecule has 1 aliphatic rings. The van der Waals surface area contributed by atoms with Gasteiger partial charge < -0.3 is 24.4 Å². The molecule has 1 aliphatic heterocycles. The molecule has 2 aromatic rings. The molecule has 1 atom stereocenters. The van der Waals surface area contributed by atoms with Gasteiger partial charge in [-0.25, -0.2) is 14.6 Å². The zero-order valence-corrected chi connectivity index (χ0v) is 18.6. The van der Waals surface area contributed by atoms with E-state index < -0.39 is 12.0 Å². The second kappa shape index (κ2) is 9.88. The van der Waals surface area contributed by atoms with Crippen molar-refractivity contribution in [2.75, 3.05) is 12.4 Å². The first kappa shape index (κ1) is 22.0. The molecule has 2 N–H and O–H groups in total. The largest absolute Gasteiger partial charge is 0.467 e. The summed E-state index contributed by atoms with van der Waals surface area (Å²) in [4.78, 5) is 29.7. The normalized spacial score (nSPS) is 16.4. The van der Waals surface area contributed by atoms with E-state index in [-0.39, 0.29) is 12.6 Å². The van der Waals surface area contributed by atoms with Crippen molar-refractivity contribution < 1.29 is 18.7 Å². The van der Waals surface area contributed by atoms with Gasteiger partial charge in [-0.15, -0.1) is 0 Å². The molecule has 0 bridgehead atoms. The lowest BCUT2D eigenvalue weighted by Gasteiger charge is -2.27. The molecule has 0 spiro atoms. The lowest BCUT2D eigenvalue weighted by Crippen LogP contribution is -2.46. The van der Waals surface area contributed by atoms with Crippen molar-refractivity contribution in [1.29, 1.82) is 0 Å². The molecular formula is C21H28N4O4S. The van der Waals surface area contributed by atoms with Crippen LogP contribution in [-0.4, -0.2) is 33.9 Å². The van der Waals surface area contributed by atoms with Gasteiger partial charge in [0.15, 0.2) is 5.16 Å². The number of nitrogens with zero attached hydrogens (tertiary/aromatic N) is 2. The molecule has 0 unspecified atom stereocenters. The van der Waals surface area contributed by atoms with Crippen LogP contribution in [-0.2, 0) is 16.1 Å². The number of ether oxygens (including phenoxy) is 1. The number of furan rings is 1. The Kier molecular flexibility index (Phi) is 7.25. The van der Waals surface area contributed by atoms with Crippen LogP contribution in [0.1, 0.15) is 49.9 Å². The summed E-state index contributed by atoms with van der Waals surface area (Å²) in [6, 6.07) is 2.36. The number of imidazole rings is 1. The van der Waals surface area contributed by atoms with E-state index in [2.05, 4.69) is 34.0 Å². The summed E-state index contributed by atoms with van der Waals surface area (Å²) in [6.45, 7) is 9.08. The Morgan fingerprint density at radius 2 is 2.17 bits per heavy atom. The highest BCUT2D eigenvalue weighted by Gasteiger charge is 2.35. The van der Waals surface area contributed by atoms with Crippen LogP contribution in [0.3, 0.4) is 0 Å². The highest BCUT2D eigenvalue weighted by atomic mass is 32.2. The Morgan fingerprint density at radius 1 is 1.37 bits per heavy atom. The van der Waals surface area contributed by atoms with Crippen molar-refractivity contribution in [3.63, 3.8) is 0 Å². The fourth-order valence-corrected chi connectivity index (χ4v) is 4.39. The Balaban J connectivity index is 1.92. The maximum atomic E-state index is 12.8. The first-order valence-corrected chi connectivity index (χ1v) is 11.1. The minimum Gasteiger partial charge on any atom is -0.467 e. The molecular weight excluding hydrogens is 404 g/mol. The van der Waals surface area contributed by atoms with Crippen LogP contribution >= 0.6 is 11.8 Å². The number of unbranched alkanes of at least 4 members (excludes halogenated alkanes) is 1. The fraction of sp³-hybridized carbons (Fsp3) is 0.476. The number of carbonyl (C=O) groups is 2.